The molecule has 2 nitrogen and oxygen atoms in total. The van der Waals surface area contributed by atoms with E-state index in [0.717, 1.165) is 18.5 Å². The van der Waals surface area contributed by atoms with Crippen molar-refractivity contribution in [1.82, 2.24) is 0 Å². The van der Waals surface area contributed by atoms with E-state index in [1.165, 1.54) is 18.3 Å². The molecule has 0 radical (unpaired) electrons. The predicted octanol–water partition coefficient (Wildman–Crippen LogP) is 5.47. The van der Waals surface area contributed by atoms with Gasteiger partial charge in [-0.15, -0.1) is 0 Å². The first-order valence-corrected chi connectivity index (χ1v) is 8.14. The number of hydrogen-bond donors (Lipinski definition) is 0. The molecule has 2 aromatic rings. The lowest BCUT2D eigenvalue weighted by molar-refractivity contribution is -0.164. The Morgan fingerprint density at radius 3 is 2.08 bits per heavy atom. The summed E-state index contributed by atoms with van der Waals surface area (Å²) >= 11 is 0. The monoisotopic (exact) mass is 347 g/mol. The average Bonchev–Trinajstić information content (AvgIpc) is 2.62. The zero-order chi connectivity index (χ0) is 18.3. The second-order valence-corrected chi connectivity index (χ2v) is 5.62. The first-order valence-electron chi connectivity index (χ1n) is 8.14. The van der Waals surface area contributed by atoms with Crippen molar-refractivity contribution in [3.05, 3.63) is 72.4 Å². The highest BCUT2D eigenvalue weighted by molar-refractivity contribution is 6.23. The molecule has 0 aliphatic rings. The third-order valence-electron chi connectivity index (χ3n) is 3.71. The summed E-state index contributed by atoms with van der Waals surface area (Å²) in [6.07, 6.45) is -1.91. The minimum absolute atomic E-state index is 0.252. The molecular formula is C20H20F3NO. The van der Waals surface area contributed by atoms with Gasteiger partial charge in [0.05, 0.1) is 5.57 Å². The van der Waals surface area contributed by atoms with Gasteiger partial charge in [-0.1, -0.05) is 61.9 Å². The lowest BCUT2D eigenvalue weighted by Gasteiger charge is -2.22. The fraction of sp³-hybridized carbons (Fsp3) is 0.250. The fourth-order valence-corrected chi connectivity index (χ4v) is 2.41. The van der Waals surface area contributed by atoms with Crippen molar-refractivity contribution in [3.63, 3.8) is 0 Å². The molecule has 0 aromatic heterocycles. The Morgan fingerprint density at radius 1 is 1.00 bits per heavy atom. The number of unbranched alkanes of at least 4 members (excludes halogenated alkanes) is 1. The van der Waals surface area contributed by atoms with Gasteiger partial charge in [-0.25, -0.2) is 0 Å². The van der Waals surface area contributed by atoms with Crippen LogP contribution in [0.5, 0.6) is 0 Å². The number of ketones is 1. The van der Waals surface area contributed by atoms with E-state index < -0.39 is 12.0 Å². The maximum absolute atomic E-state index is 13.1. The number of allylic oxidation sites excluding steroid dienone is 1. The Hall–Kier alpha value is -2.56. The summed E-state index contributed by atoms with van der Waals surface area (Å²) in [7, 11) is 0. The Kier molecular flexibility index (Phi) is 6.39. The minimum Gasteiger partial charge on any atom is -0.347 e. The number of carbonyl (C=O) groups excluding carboxylic acids is 1. The predicted molar refractivity (Wildman–Crippen MR) is 94.2 cm³/mol. The van der Waals surface area contributed by atoms with Gasteiger partial charge in [0.25, 0.3) is 5.78 Å². The Balaban J connectivity index is 2.50. The molecule has 0 saturated heterocycles. The van der Waals surface area contributed by atoms with Crippen LogP contribution in [0.1, 0.15) is 25.3 Å². The Bertz CT molecular complexity index is 709. The van der Waals surface area contributed by atoms with Gasteiger partial charge < -0.3 is 4.90 Å². The van der Waals surface area contributed by atoms with Crippen LogP contribution < -0.4 is 4.90 Å². The molecule has 5 heteroatoms. The Morgan fingerprint density at radius 2 is 1.56 bits per heavy atom. The summed E-state index contributed by atoms with van der Waals surface area (Å²) in [5, 5.41) is 0. The number of carbonyl (C=O) groups is 1. The van der Waals surface area contributed by atoms with Crippen molar-refractivity contribution in [2.75, 3.05) is 11.4 Å². The third kappa shape index (κ3) is 5.21. The van der Waals surface area contributed by atoms with Crippen LogP contribution >= 0.6 is 0 Å². The van der Waals surface area contributed by atoms with E-state index in [1.807, 2.05) is 37.3 Å². The quantitative estimate of drug-likeness (QED) is 0.619. The van der Waals surface area contributed by atoms with Crippen molar-refractivity contribution in [2.24, 2.45) is 0 Å². The maximum atomic E-state index is 13.1. The highest BCUT2D eigenvalue weighted by Crippen LogP contribution is 2.28. The molecule has 0 spiro atoms. The van der Waals surface area contributed by atoms with Gasteiger partial charge in [0.15, 0.2) is 0 Å². The number of Topliss-reactive ketones (excluding diaryl/α,β-unsaturated/α-hetero) is 1. The van der Waals surface area contributed by atoms with Gasteiger partial charge in [-0.05, 0) is 24.1 Å². The minimum atomic E-state index is -4.92. The van der Waals surface area contributed by atoms with Crippen LogP contribution in [-0.2, 0) is 4.79 Å². The molecule has 25 heavy (non-hydrogen) atoms. The smallest absolute Gasteiger partial charge is 0.347 e. The zero-order valence-corrected chi connectivity index (χ0v) is 14.0. The topological polar surface area (TPSA) is 20.3 Å². The van der Waals surface area contributed by atoms with Gasteiger partial charge in [-0.3, -0.25) is 4.79 Å². The lowest BCUT2D eigenvalue weighted by atomic mass is 10.0. The summed E-state index contributed by atoms with van der Waals surface area (Å²) in [6, 6.07) is 17.1. The number of anilines is 1. The van der Waals surface area contributed by atoms with Crippen LogP contribution in [0.3, 0.4) is 0 Å². The van der Waals surface area contributed by atoms with Crippen LogP contribution in [0.15, 0.2) is 66.9 Å². The van der Waals surface area contributed by atoms with Crippen LogP contribution in [0.2, 0.25) is 0 Å². The van der Waals surface area contributed by atoms with Crippen molar-refractivity contribution in [1.29, 1.82) is 0 Å². The van der Waals surface area contributed by atoms with Crippen molar-refractivity contribution in [2.45, 2.75) is 25.9 Å². The maximum Gasteiger partial charge on any atom is 0.454 e. The highest BCUT2D eigenvalue weighted by Gasteiger charge is 2.41. The molecule has 0 saturated carbocycles. The molecule has 2 aromatic carbocycles. The molecule has 132 valence electrons. The number of para-hydroxylation sites is 1. The second kappa shape index (κ2) is 8.51. The van der Waals surface area contributed by atoms with Gasteiger partial charge >= 0.3 is 6.18 Å². The molecule has 0 atom stereocenters. The molecule has 0 heterocycles. The standard InChI is InChI=1S/C20H20F3NO/c1-2-3-14-24(17-12-8-5-9-13-17)15-18(19(25)20(21,22)23)16-10-6-4-7-11-16/h4-13,15H,2-3,14H2,1H3/b18-15-. The molecule has 0 fully saturated rings. The number of nitrogens with zero attached hydrogens (tertiary/aromatic N) is 1. The first kappa shape index (κ1) is 18.8. The molecule has 0 amide bonds. The van der Waals surface area contributed by atoms with E-state index in [4.69, 9.17) is 0 Å². The van der Waals surface area contributed by atoms with Crippen molar-refractivity contribution >= 4 is 17.0 Å². The summed E-state index contributed by atoms with van der Waals surface area (Å²) in [5.74, 6) is -1.84. The summed E-state index contributed by atoms with van der Waals surface area (Å²) in [6.45, 7) is 2.54. The van der Waals surface area contributed by atoms with Crippen molar-refractivity contribution < 1.29 is 18.0 Å². The summed E-state index contributed by atoms with van der Waals surface area (Å²) in [4.78, 5) is 13.7. The van der Waals surface area contributed by atoms with E-state index in [9.17, 15) is 18.0 Å². The number of rotatable bonds is 7. The molecule has 0 N–H and O–H groups in total. The SMILES string of the molecule is CCCCN(/C=C(\C(=O)C(F)(F)F)c1ccccc1)c1ccccc1. The number of benzene rings is 2. The average molecular weight is 347 g/mol. The van der Waals surface area contributed by atoms with Gasteiger partial charge in [-0.2, -0.15) is 13.2 Å². The summed E-state index contributed by atoms with van der Waals surface area (Å²) < 4.78 is 39.2. The zero-order valence-electron chi connectivity index (χ0n) is 14.0. The molecule has 0 bridgehead atoms. The number of halogens is 3. The normalized spacial score (nSPS) is 12.1. The van der Waals surface area contributed by atoms with E-state index in [2.05, 4.69) is 0 Å². The lowest BCUT2D eigenvalue weighted by Crippen LogP contribution is -2.26. The second-order valence-electron chi connectivity index (χ2n) is 5.62. The first-order chi connectivity index (χ1) is 11.9. The number of hydrogen-bond acceptors (Lipinski definition) is 2. The summed E-state index contributed by atoms with van der Waals surface area (Å²) in [5.41, 5.74) is 0.648. The van der Waals surface area contributed by atoms with Crippen LogP contribution in [0.4, 0.5) is 18.9 Å². The van der Waals surface area contributed by atoms with Crippen LogP contribution in [0, 0.1) is 0 Å². The highest BCUT2D eigenvalue weighted by atomic mass is 19.4. The largest absolute Gasteiger partial charge is 0.454 e. The van der Waals surface area contributed by atoms with Gasteiger partial charge in [0, 0.05) is 18.4 Å². The third-order valence-corrected chi connectivity index (χ3v) is 3.71. The van der Waals surface area contributed by atoms with Gasteiger partial charge in [0.2, 0.25) is 0 Å². The fourth-order valence-electron chi connectivity index (χ4n) is 2.41. The molecule has 0 aliphatic heterocycles. The van der Waals surface area contributed by atoms with Gasteiger partial charge in [0.1, 0.15) is 0 Å². The molecule has 0 unspecified atom stereocenters. The van der Waals surface area contributed by atoms with Crippen LogP contribution in [0.25, 0.3) is 5.57 Å². The number of alkyl halides is 3. The van der Waals surface area contributed by atoms with Crippen molar-refractivity contribution in [3.8, 4) is 0 Å². The Labute approximate surface area is 145 Å². The molecular weight excluding hydrogens is 327 g/mol. The molecule has 0 aliphatic carbocycles. The van der Waals surface area contributed by atoms with Crippen LogP contribution in [-0.4, -0.2) is 18.5 Å². The van der Waals surface area contributed by atoms with E-state index in [1.54, 1.807) is 23.1 Å². The van der Waals surface area contributed by atoms with E-state index >= 15 is 0 Å². The van der Waals surface area contributed by atoms with E-state index in [-0.39, 0.29) is 11.1 Å². The molecule has 2 rings (SSSR count). The van der Waals surface area contributed by atoms with E-state index in [0.29, 0.717) is 6.54 Å².